The van der Waals surface area contributed by atoms with E-state index in [-0.39, 0.29) is 17.2 Å². The van der Waals surface area contributed by atoms with E-state index in [1.807, 2.05) is 11.9 Å². The van der Waals surface area contributed by atoms with E-state index in [0.717, 1.165) is 25.7 Å². The Morgan fingerprint density at radius 3 is 2.77 bits per heavy atom. The Labute approximate surface area is 179 Å². The highest BCUT2D eigenvalue weighted by Crippen LogP contribution is 2.53. The number of aromatic nitrogens is 7. The molecule has 2 saturated carbocycles. The highest BCUT2D eigenvalue weighted by molar-refractivity contribution is 5.67. The Balaban J connectivity index is 1.36. The summed E-state index contributed by atoms with van der Waals surface area (Å²) in [5, 5.41) is 30.8. The molecule has 4 atom stereocenters. The summed E-state index contributed by atoms with van der Waals surface area (Å²) < 4.78 is 15.3. The SMILES string of the molecule is Cc1nnn(-c2ccc(-c3cnc(N(C)[C@@H]4CC5CC[C@](C)(C5)[C@H]4F)nn3)c(O)c2)n1. The van der Waals surface area contributed by atoms with E-state index in [1.165, 1.54) is 10.9 Å². The smallest absolute Gasteiger partial charge is 0.245 e. The van der Waals surface area contributed by atoms with Gasteiger partial charge in [-0.3, -0.25) is 0 Å². The lowest BCUT2D eigenvalue weighted by molar-refractivity contribution is 0.0653. The van der Waals surface area contributed by atoms with Gasteiger partial charge in [-0.2, -0.15) is 0 Å². The molecule has 0 saturated heterocycles. The summed E-state index contributed by atoms with van der Waals surface area (Å²) in [5.41, 5.74) is 1.24. The molecule has 0 radical (unpaired) electrons. The molecule has 1 N–H and O–H groups in total. The van der Waals surface area contributed by atoms with Crippen molar-refractivity contribution in [2.24, 2.45) is 11.3 Å². The molecule has 1 aromatic carbocycles. The van der Waals surface area contributed by atoms with Crippen LogP contribution >= 0.6 is 0 Å². The number of anilines is 1. The highest BCUT2D eigenvalue weighted by atomic mass is 19.1. The number of phenolic OH excluding ortho intramolecular Hbond substituents is 1. The summed E-state index contributed by atoms with van der Waals surface area (Å²) in [5.74, 6) is 1.49. The topological polar surface area (TPSA) is 106 Å². The number of benzene rings is 1. The van der Waals surface area contributed by atoms with Crippen LogP contribution in [0, 0.1) is 18.3 Å². The molecule has 0 amide bonds. The number of aryl methyl sites for hydroxylation is 1. The highest BCUT2D eigenvalue weighted by Gasteiger charge is 2.51. The van der Waals surface area contributed by atoms with E-state index >= 15 is 4.39 Å². The molecule has 162 valence electrons. The first-order valence-electron chi connectivity index (χ1n) is 10.5. The molecule has 2 fully saturated rings. The van der Waals surface area contributed by atoms with Crippen LogP contribution < -0.4 is 4.90 Å². The fourth-order valence-corrected chi connectivity index (χ4v) is 5.09. The normalized spacial score (nSPS) is 27.4. The van der Waals surface area contributed by atoms with Gasteiger partial charge in [0.25, 0.3) is 0 Å². The Kier molecular flexibility index (Phi) is 4.60. The van der Waals surface area contributed by atoms with Gasteiger partial charge in [-0.15, -0.1) is 25.2 Å². The van der Waals surface area contributed by atoms with Crippen molar-refractivity contribution in [3.8, 4) is 22.7 Å². The second kappa shape index (κ2) is 7.21. The standard InChI is InChI=1S/C21H25FN8O/c1-12-24-28-30(27-12)14-4-5-15(18(31)9-14)16-11-23-20(26-25-16)29(3)17-8-13-6-7-21(2,10-13)19(17)22/h4-5,9,11,13,17,19,31H,6-8,10H2,1-3H3/t13?,17-,19+,21-/m1/s1. The van der Waals surface area contributed by atoms with Crippen LogP contribution in [0.2, 0.25) is 0 Å². The summed E-state index contributed by atoms with van der Waals surface area (Å²) in [6.45, 7) is 3.80. The fraction of sp³-hybridized carbons (Fsp3) is 0.524. The first-order valence-corrected chi connectivity index (χ1v) is 10.5. The zero-order valence-electron chi connectivity index (χ0n) is 17.8. The number of nitrogens with zero attached hydrogens (tertiary/aromatic N) is 8. The number of rotatable bonds is 4. The third kappa shape index (κ3) is 3.39. The minimum absolute atomic E-state index is 0.00487. The monoisotopic (exact) mass is 424 g/mol. The van der Waals surface area contributed by atoms with Crippen molar-refractivity contribution in [3.63, 3.8) is 0 Å². The summed E-state index contributed by atoms with van der Waals surface area (Å²) in [6.07, 6.45) is 4.47. The van der Waals surface area contributed by atoms with Crippen LogP contribution in [0.4, 0.5) is 10.3 Å². The van der Waals surface area contributed by atoms with E-state index < -0.39 is 6.17 Å². The maximum Gasteiger partial charge on any atom is 0.245 e. The van der Waals surface area contributed by atoms with Crippen molar-refractivity contribution in [3.05, 3.63) is 30.2 Å². The third-order valence-corrected chi connectivity index (χ3v) is 6.82. The quantitative estimate of drug-likeness (QED) is 0.682. The summed E-state index contributed by atoms with van der Waals surface area (Å²) in [4.78, 5) is 7.58. The molecule has 2 bridgehead atoms. The number of tetrazole rings is 1. The van der Waals surface area contributed by atoms with Gasteiger partial charge >= 0.3 is 0 Å². The largest absolute Gasteiger partial charge is 0.507 e. The molecule has 5 rings (SSSR count). The van der Waals surface area contributed by atoms with E-state index in [1.54, 1.807) is 25.3 Å². The van der Waals surface area contributed by atoms with Crippen LogP contribution in [0.25, 0.3) is 16.9 Å². The molecular formula is C21H25FN8O. The molecular weight excluding hydrogens is 399 g/mol. The van der Waals surface area contributed by atoms with Gasteiger partial charge in [-0.25, -0.2) is 9.37 Å². The van der Waals surface area contributed by atoms with Crippen molar-refractivity contribution in [2.75, 3.05) is 11.9 Å². The average molecular weight is 424 g/mol. The number of aromatic hydroxyl groups is 1. The average Bonchev–Trinajstić information content (AvgIpc) is 3.34. The zero-order valence-corrected chi connectivity index (χ0v) is 17.8. The van der Waals surface area contributed by atoms with Crippen LogP contribution in [0.15, 0.2) is 24.4 Å². The van der Waals surface area contributed by atoms with Gasteiger partial charge in [0.15, 0.2) is 5.82 Å². The first kappa shape index (κ1) is 19.8. The summed E-state index contributed by atoms with van der Waals surface area (Å²) in [7, 11) is 1.83. The molecule has 0 spiro atoms. The number of hydrogen-bond donors (Lipinski definition) is 1. The molecule has 2 heterocycles. The summed E-state index contributed by atoms with van der Waals surface area (Å²) >= 11 is 0. The van der Waals surface area contributed by atoms with Crippen molar-refractivity contribution in [2.45, 2.75) is 51.7 Å². The van der Waals surface area contributed by atoms with Crippen LogP contribution in [-0.4, -0.2) is 59.8 Å². The van der Waals surface area contributed by atoms with Crippen molar-refractivity contribution < 1.29 is 9.50 Å². The van der Waals surface area contributed by atoms with Crippen LogP contribution in [0.5, 0.6) is 5.75 Å². The van der Waals surface area contributed by atoms with Gasteiger partial charge in [0.2, 0.25) is 5.95 Å². The third-order valence-electron chi connectivity index (χ3n) is 6.82. The molecule has 2 aliphatic carbocycles. The van der Waals surface area contributed by atoms with Crippen molar-refractivity contribution in [1.29, 1.82) is 0 Å². The maximum atomic E-state index is 15.3. The van der Waals surface area contributed by atoms with E-state index in [0.29, 0.717) is 34.6 Å². The predicted octanol–water partition coefficient (Wildman–Crippen LogP) is 2.88. The second-order valence-corrected chi connectivity index (χ2v) is 9.05. The molecule has 31 heavy (non-hydrogen) atoms. The minimum atomic E-state index is -0.912. The van der Waals surface area contributed by atoms with Gasteiger partial charge in [-0.1, -0.05) is 6.92 Å². The van der Waals surface area contributed by atoms with Gasteiger partial charge in [-0.05, 0) is 55.9 Å². The number of alkyl halides is 1. The first-order chi connectivity index (χ1) is 14.8. The number of fused-ring (bicyclic) bond motifs is 2. The number of halogens is 1. The van der Waals surface area contributed by atoms with Gasteiger partial charge in [0.1, 0.15) is 17.6 Å². The molecule has 0 aliphatic heterocycles. The van der Waals surface area contributed by atoms with E-state index in [4.69, 9.17) is 0 Å². The van der Waals surface area contributed by atoms with Crippen molar-refractivity contribution >= 4 is 5.95 Å². The molecule has 9 nitrogen and oxygen atoms in total. The lowest BCUT2D eigenvalue weighted by atomic mass is 9.73. The number of hydrogen-bond acceptors (Lipinski definition) is 8. The molecule has 2 aromatic heterocycles. The van der Waals surface area contributed by atoms with Crippen LogP contribution in [0.3, 0.4) is 0 Å². The lowest BCUT2D eigenvalue weighted by Gasteiger charge is -2.42. The van der Waals surface area contributed by atoms with Gasteiger partial charge in [0.05, 0.1) is 17.9 Å². The minimum Gasteiger partial charge on any atom is -0.507 e. The molecule has 1 unspecified atom stereocenters. The predicted molar refractivity (Wildman–Crippen MR) is 112 cm³/mol. The Bertz CT molecular complexity index is 1100. The molecule has 2 aliphatic rings. The maximum absolute atomic E-state index is 15.3. The van der Waals surface area contributed by atoms with Crippen LogP contribution in [-0.2, 0) is 0 Å². The fourth-order valence-electron chi connectivity index (χ4n) is 5.09. The van der Waals surface area contributed by atoms with Crippen molar-refractivity contribution in [1.82, 2.24) is 35.4 Å². The Morgan fingerprint density at radius 1 is 1.26 bits per heavy atom. The van der Waals surface area contributed by atoms with Gasteiger partial charge < -0.3 is 10.0 Å². The lowest BCUT2D eigenvalue weighted by Crippen LogP contribution is -2.50. The Hall–Kier alpha value is -3.17. The molecule has 10 heteroatoms. The zero-order chi connectivity index (χ0) is 21.8. The Morgan fingerprint density at radius 2 is 2.10 bits per heavy atom. The summed E-state index contributed by atoms with van der Waals surface area (Å²) in [6, 6.07) is 4.75. The van der Waals surface area contributed by atoms with E-state index in [2.05, 4.69) is 37.5 Å². The number of phenols is 1. The molecule has 3 aromatic rings. The van der Waals surface area contributed by atoms with E-state index in [9.17, 15) is 5.11 Å². The second-order valence-electron chi connectivity index (χ2n) is 9.05. The van der Waals surface area contributed by atoms with Crippen LogP contribution in [0.1, 0.15) is 38.4 Å². The van der Waals surface area contributed by atoms with Gasteiger partial charge in [0, 0.05) is 24.1 Å².